The molecule has 0 saturated carbocycles. The normalized spacial score (nSPS) is 12.9. The van der Waals surface area contributed by atoms with Gasteiger partial charge in [-0.2, -0.15) is 18.4 Å². The number of rotatable bonds is 3. The Morgan fingerprint density at radius 1 is 1.28 bits per heavy atom. The van der Waals surface area contributed by atoms with Gasteiger partial charge in [-0.25, -0.2) is 0 Å². The van der Waals surface area contributed by atoms with Crippen molar-refractivity contribution in [1.82, 2.24) is 0 Å². The van der Waals surface area contributed by atoms with Crippen LogP contribution in [0.15, 0.2) is 12.1 Å². The van der Waals surface area contributed by atoms with Crippen molar-refractivity contribution < 1.29 is 17.9 Å². The second-order valence-electron chi connectivity index (χ2n) is 4.24. The molecule has 0 aromatic heterocycles. The lowest BCUT2D eigenvalue weighted by atomic mass is 10.1. The van der Waals surface area contributed by atoms with Crippen molar-refractivity contribution >= 4 is 0 Å². The summed E-state index contributed by atoms with van der Waals surface area (Å²) in [4.78, 5) is 0. The number of ether oxygens (including phenoxy) is 1. The second-order valence-corrected chi connectivity index (χ2v) is 4.24. The quantitative estimate of drug-likeness (QED) is 0.827. The number of benzene rings is 1. The summed E-state index contributed by atoms with van der Waals surface area (Å²) >= 11 is 0. The van der Waals surface area contributed by atoms with Crippen LogP contribution in [0.5, 0.6) is 5.75 Å². The maximum absolute atomic E-state index is 12.4. The van der Waals surface area contributed by atoms with E-state index in [1.54, 1.807) is 13.0 Å². The van der Waals surface area contributed by atoms with Gasteiger partial charge >= 0.3 is 6.18 Å². The van der Waals surface area contributed by atoms with Crippen molar-refractivity contribution in [1.29, 1.82) is 5.26 Å². The zero-order valence-corrected chi connectivity index (χ0v) is 10.4. The number of aryl methyl sites for hydroxylation is 2. The molecule has 0 aliphatic rings. The van der Waals surface area contributed by atoms with Crippen molar-refractivity contribution in [2.45, 2.75) is 26.9 Å². The zero-order chi connectivity index (χ0) is 13.9. The molecule has 1 atom stereocenters. The molecule has 0 spiro atoms. The van der Waals surface area contributed by atoms with Crippen molar-refractivity contribution in [3.63, 3.8) is 0 Å². The third kappa shape index (κ3) is 3.39. The largest absolute Gasteiger partial charge is 0.492 e. The van der Waals surface area contributed by atoms with Crippen LogP contribution >= 0.6 is 0 Å². The lowest BCUT2D eigenvalue weighted by Crippen LogP contribution is -2.27. The third-order valence-electron chi connectivity index (χ3n) is 2.72. The van der Waals surface area contributed by atoms with E-state index >= 15 is 0 Å². The Hall–Kier alpha value is -1.70. The van der Waals surface area contributed by atoms with E-state index in [2.05, 4.69) is 0 Å². The SMILES string of the molecule is Cc1cc(C)c(C)c(OCC(C#N)C(F)(F)F)c1. The van der Waals surface area contributed by atoms with Gasteiger partial charge in [-0.3, -0.25) is 0 Å². The molecule has 0 aliphatic heterocycles. The molecule has 0 aliphatic carbocycles. The number of alkyl halides is 3. The highest BCUT2D eigenvalue weighted by Gasteiger charge is 2.40. The summed E-state index contributed by atoms with van der Waals surface area (Å²) in [6, 6.07) is 4.81. The zero-order valence-electron chi connectivity index (χ0n) is 10.4. The van der Waals surface area contributed by atoms with E-state index in [-0.39, 0.29) is 0 Å². The lowest BCUT2D eigenvalue weighted by Gasteiger charge is -2.16. The Kier molecular flexibility index (Phi) is 4.23. The van der Waals surface area contributed by atoms with Gasteiger partial charge in [0, 0.05) is 0 Å². The number of hydrogen-bond acceptors (Lipinski definition) is 2. The molecule has 0 radical (unpaired) electrons. The number of nitrogens with zero attached hydrogens (tertiary/aromatic N) is 1. The topological polar surface area (TPSA) is 33.0 Å². The first kappa shape index (κ1) is 14.4. The van der Waals surface area contributed by atoms with E-state index in [1.165, 1.54) is 6.07 Å². The maximum Gasteiger partial charge on any atom is 0.407 e. The lowest BCUT2D eigenvalue weighted by molar-refractivity contribution is -0.165. The molecule has 18 heavy (non-hydrogen) atoms. The van der Waals surface area contributed by atoms with Gasteiger partial charge in [0.25, 0.3) is 0 Å². The van der Waals surface area contributed by atoms with Crippen LogP contribution in [0.3, 0.4) is 0 Å². The minimum Gasteiger partial charge on any atom is -0.492 e. The fourth-order valence-electron chi connectivity index (χ4n) is 1.53. The summed E-state index contributed by atoms with van der Waals surface area (Å²) < 4.78 is 42.3. The highest BCUT2D eigenvalue weighted by molar-refractivity contribution is 5.41. The maximum atomic E-state index is 12.4. The van der Waals surface area contributed by atoms with E-state index < -0.39 is 18.7 Å². The van der Waals surface area contributed by atoms with Gasteiger partial charge in [0.2, 0.25) is 0 Å². The number of hydrogen-bond donors (Lipinski definition) is 0. The summed E-state index contributed by atoms with van der Waals surface area (Å²) in [5, 5.41) is 8.47. The predicted octanol–water partition coefficient (Wildman–Crippen LogP) is 3.69. The van der Waals surface area contributed by atoms with Crippen LogP contribution in [0.25, 0.3) is 0 Å². The van der Waals surface area contributed by atoms with Gasteiger partial charge in [-0.1, -0.05) is 6.07 Å². The number of halogens is 3. The smallest absolute Gasteiger partial charge is 0.407 e. The summed E-state index contributed by atoms with van der Waals surface area (Å²) in [5.74, 6) is -1.70. The highest BCUT2D eigenvalue weighted by Crippen LogP contribution is 2.28. The van der Waals surface area contributed by atoms with Gasteiger partial charge in [0.05, 0.1) is 6.07 Å². The minimum atomic E-state index is -4.55. The Bertz CT molecular complexity index is 474. The fraction of sp³-hybridized carbons (Fsp3) is 0.462. The Morgan fingerprint density at radius 3 is 2.39 bits per heavy atom. The second kappa shape index (κ2) is 5.30. The molecule has 0 fully saturated rings. The van der Waals surface area contributed by atoms with Crippen LogP contribution in [-0.4, -0.2) is 12.8 Å². The van der Waals surface area contributed by atoms with Crippen LogP contribution in [0.1, 0.15) is 16.7 Å². The molecule has 0 N–H and O–H groups in total. The van der Waals surface area contributed by atoms with Gasteiger partial charge in [-0.15, -0.1) is 0 Å². The van der Waals surface area contributed by atoms with E-state index in [0.717, 1.165) is 16.7 Å². The van der Waals surface area contributed by atoms with Gasteiger partial charge in [0.15, 0.2) is 5.92 Å². The summed E-state index contributed by atoms with van der Waals surface area (Å²) in [5.41, 5.74) is 2.65. The molecule has 2 nitrogen and oxygen atoms in total. The molecule has 5 heteroatoms. The minimum absolute atomic E-state index is 0.400. The van der Waals surface area contributed by atoms with Gasteiger partial charge in [-0.05, 0) is 43.5 Å². The van der Waals surface area contributed by atoms with Crippen molar-refractivity contribution in [3.8, 4) is 11.8 Å². The Balaban J connectivity index is 2.84. The standard InChI is InChI=1S/C13H14F3NO/c1-8-4-9(2)10(3)12(5-8)18-7-11(6-17)13(14,15)16/h4-5,11H,7H2,1-3H3. The molecular weight excluding hydrogens is 243 g/mol. The van der Waals surface area contributed by atoms with E-state index in [1.807, 2.05) is 19.9 Å². The van der Waals surface area contributed by atoms with Crippen LogP contribution in [-0.2, 0) is 0 Å². The number of nitriles is 1. The molecule has 1 aromatic rings. The Morgan fingerprint density at radius 2 is 1.89 bits per heavy atom. The molecule has 1 rings (SSSR count). The highest BCUT2D eigenvalue weighted by atomic mass is 19.4. The molecule has 1 aromatic carbocycles. The van der Waals surface area contributed by atoms with Crippen LogP contribution in [0.4, 0.5) is 13.2 Å². The molecular formula is C13H14F3NO. The molecule has 0 heterocycles. The first-order chi connectivity index (χ1) is 8.25. The molecule has 0 amide bonds. The Labute approximate surface area is 104 Å². The van der Waals surface area contributed by atoms with Gasteiger partial charge < -0.3 is 4.74 Å². The third-order valence-corrected chi connectivity index (χ3v) is 2.72. The van der Waals surface area contributed by atoms with Gasteiger partial charge in [0.1, 0.15) is 12.4 Å². The fourth-order valence-corrected chi connectivity index (χ4v) is 1.53. The van der Waals surface area contributed by atoms with E-state index in [9.17, 15) is 13.2 Å². The first-order valence-corrected chi connectivity index (χ1v) is 5.42. The van der Waals surface area contributed by atoms with Crippen LogP contribution < -0.4 is 4.74 Å². The monoisotopic (exact) mass is 257 g/mol. The van der Waals surface area contributed by atoms with E-state index in [4.69, 9.17) is 10.00 Å². The van der Waals surface area contributed by atoms with Crippen molar-refractivity contribution in [3.05, 3.63) is 28.8 Å². The van der Waals surface area contributed by atoms with Crippen LogP contribution in [0, 0.1) is 38.0 Å². The summed E-state index contributed by atoms with van der Waals surface area (Å²) in [7, 11) is 0. The average Bonchev–Trinajstić information content (AvgIpc) is 2.23. The molecule has 0 bridgehead atoms. The molecule has 98 valence electrons. The van der Waals surface area contributed by atoms with Crippen molar-refractivity contribution in [2.24, 2.45) is 5.92 Å². The average molecular weight is 257 g/mol. The molecule has 0 saturated heterocycles. The van der Waals surface area contributed by atoms with Crippen LogP contribution in [0.2, 0.25) is 0 Å². The summed E-state index contributed by atoms with van der Waals surface area (Å²) in [6.07, 6.45) is -4.55. The van der Waals surface area contributed by atoms with Crippen molar-refractivity contribution in [2.75, 3.05) is 6.61 Å². The first-order valence-electron chi connectivity index (χ1n) is 5.42. The summed E-state index contributed by atoms with van der Waals surface area (Å²) in [6.45, 7) is 4.80. The predicted molar refractivity (Wildman–Crippen MR) is 61.3 cm³/mol. The van der Waals surface area contributed by atoms with E-state index in [0.29, 0.717) is 5.75 Å². The molecule has 1 unspecified atom stereocenters.